The SMILES string of the molecule is O=C1NC(c2cc(C(F)(F)F)cc(C(F)(F)F)c2)C(C(=O)NCc2ccco2)c2ccccc21. The molecule has 178 valence electrons. The second-order valence-corrected chi connectivity index (χ2v) is 7.65. The summed E-state index contributed by atoms with van der Waals surface area (Å²) < 4.78 is 85.6. The van der Waals surface area contributed by atoms with Crippen LogP contribution in [0.5, 0.6) is 0 Å². The molecule has 2 unspecified atom stereocenters. The number of benzene rings is 2. The lowest BCUT2D eigenvalue weighted by Gasteiger charge is -2.34. The number of carbonyl (C=O) groups is 2. The molecule has 0 spiro atoms. The van der Waals surface area contributed by atoms with Crippen molar-refractivity contribution < 1.29 is 40.3 Å². The standard InChI is InChI=1S/C23H16F6N2O3/c24-22(25,26)13-8-12(9-14(10-13)23(27,28)29)19-18(21(33)30-11-15-4-3-7-34-15)16-5-1-2-6-17(16)20(32)31-19/h1-10,18-19H,11H2,(H,30,33)(H,31,32). The van der Waals surface area contributed by atoms with Gasteiger partial charge in [0.2, 0.25) is 5.91 Å². The largest absolute Gasteiger partial charge is 0.467 e. The van der Waals surface area contributed by atoms with E-state index in [1.165, 1.54) is 30.5 Å². The molecule has 3 aromatic rings. The molecule has 11 heteroatoms. The highest BCUT2D eigenvalue weighted by atomic mass is 19.4. The van der Waals surface area contributed by atoms with Gasteiger partial charge in [-0.25, -0.2) is 0 Å². The molecule has 0 saturated heterocycles. The van der Waals surface area contributed by atoms with Gasteiger partial charge in [-0.05, 0) is 47.5 Å². The van der Waals surface area contributed by atoms with Crippen molar-refractivity contribution in [1.29, 1.82) is 0 Å². The Labute approximate surface area is 188 Å². The maximum atomic E-state index is 13.4. The summed E-state index contributed by atoms with van der Waals surface area (Å²) in [6, 6.07) is 8.62. The normalized spacial score (nSPS) is 18.2. The summed E-state index contributed by atoms with van der Waals surface area (Å²) in [4.78, 5) is 25.8. The van der Waals surface area contributed by atoms with E-state index in [0.29, 0.717) is 17.9 Å². The molecule has 5 nitrogen and oxygen atoms in total. The summed E-state index contributed by atoms with van der Waals surface area (Å²) in [6.45, 7) is -0.0679. The average molecular weight is 482 g/mol. The molecule has 2 aromatic carbocycles. The molecule has 1 aromatic heterocycles. The van der Waals surface area contributed by atoms with Crippen molar-refractivity contribution in [2.45, 2.75) is 30.9 Å². The second-order valence-electron chi connectivity index (χ2n) is 7.65. The summed E-state index contributed by atoms with van der Waals surface area (Å²) in [5.41, 5.74) is -3.30. The van der Waals surface area contributed by atoms with Gasteiger partial charge in [-0.1, -0.05) is 18.2 Å². The van der Waals surface area contributed by atoms with Gasteiger partial charge in [0.05, 0.1) is 35.9 Å². The fourth-order valence-electron chi connectivity index (χ4n) is 3.88. The van der Waals surface area contributed by atoms with Crippen molar-refractivity contribution >= 4 is 11.8 Å². The highest BCUT2D eigenvalue weighted by molar-refractivity contribution is 6.01. The predicted molar refractivity (Wildman–Crippen MR) is 106 cm³/mol. The number of rotatable bonds is 4. The van der Waals surface area contributed by atoms with Gasteiger partial charge >= 0.3 is 12.4 Å². The first-order valence-electron chi connectivity index (χ1n) is 9.94. The molecule has 0 radical (unpaired) electrons. The van der Waals surface area contributed by atoms with Crippen LogP contribution >= 0.6 is 0 Å². The Morgan fingerprint density at radius 2 is 1.59 bits per heavy atom. The van der Waals surface area contributed by atoms with Gasteiger partial charge in [-0.2, -0.15) is 26.3 Å². The Balaban J connectivity index is 1.81. The zero-order chi connectivity index (χ0) is 24.7. The van der Waals surface area contributed by atoms with Gasteiger partial charge in [-0.15, -0.1) is 0 Å². The van der Waals surface area contributed by atoms with Crippen LogP contribution in [0.2, 0.25) is 0 Å². The molecule has 2 atom stereocenters. The number of alkyl halides is 6. The Kier molecular flexibility index (Phi) is 5.88. The number of fused-ring (bicyclic) bond motifs is 1. The van der Waals surface area contributed by atoms with Gasteiger partial charge in [-0.3, -0.25) is 9.59 Å². The number of nitrogens with one attached hydrogen (secondary N) is 2. The van der Waals surface area contributed by atoms with Crippen LogP contribution in [0.3, 0.4) is 0 Å². The second kappa shape index (κ2) is 8.54. The lowest BCUT2D eigenvalue weighted by molar-refractivity contribution is -0.143. The molecule has 1 aliphatic heterocycles. The van der Waals surface area contributed by atoms with Crippen LogP contribution in [-0.2, 0) is 23.7 Å². The maximum absolute atomic E-state index is 13.4. The van der Waals surface area contributed by atoms with E-state index in [2.05, 4.69) is 10.6 Å². The average Bonchev–Trinajstić information content (AvgIpc) is 3.30. The number of hydrogen-bond acceptors (Lipinski definition) is 3. The first-order chi connectivity index (χ1) is 15.9. The minimum absolute atomic E-state index is 0.00587. The molecule has 0 aliphatic carbocycles. The Morgan fingerprint density at radius 3 is 2.18 bits per heavy atom. The monoisotopic (exact) mass is 482 g/mol. The number of carbonyl (C=O) groups excluding carboxylic acids is 2. The zero-order valence-corrected chi connectivity index (χ0v) is 17.1. The third-order valence-electron chi connectivity index (χ3n) is 5.43. The summed E-state index contributed by atoms with van der Waals surface area (Å²) in [5, 5.41) is 4.98. The van der Waals surface area contributed by atoms with Gasteiger partial charge in [0.15, 0.2) is 0 Å². The molecule has 2 heterocycles. The molecular formula is C23H16F6N2O3. The topological polar surface area (TPSA) is 71.3 Å². The number of halogens is 6. The van der Waals surface area contributed by atoms with E-state index < -0.39 is 52.8 Å². The van der Waals surface area contributed by atoms with Crippen LogP contribution in [0.15, 0.2) is 65.3 Å². The fourth-order valence-corrected chi connectivity index (χ4v) is 3.88. The Bertz CT molecular complexity index is 1190. The maximum Gasteiger partial charge on any atom is 0.416 e. The lowest BCUT2D eigenvalue weighted by Crippen LogP contribution is -2.44. The van der Waals surface area contributed by atoms with Crippen LogP contribution in [0, 0.1) is 0 Å². The van der Waals surface area contributed by atoms with E-state index in [4.69, 9.17) is 4.42 Å². The van der Waals surface area contributed by atoms with E-state index in [9.17, 15) is 35.9 Å². The highest BCUT2D eigenvalue weighted by Crippen LogP contribution is 2.42. The third kappa shape index (κ3) is 4.63. The number of hydrogen-bond donors (Lipinski definition) is 2. The Hall–Kier alpha value is -3.76. The van der Waals surface area contributed by atoms with E-state index in [0.717, 1.165) is 0 Å². The number of furan rings is 1. The van der Waals surface area contributed by atoms with Crippen molar-refractivity contribution in [3.05, 3.63) is 94.4 Å². The van der Waals surface area contributed by atoms with Crippen LogP contribution < -0.4 is 10.6 Å². The number of amides is 2. The van der Waals surface area contributed by atoms with Crippen LogP contribution in [0.4, 0.5) is 26.3 Å². The molecule has 0 saturated carbocycles. The third-order valence-corrected chi connectivity index (χ3v) is 5.43. The first kappa shape index (κ1) is 23.4. The summed E-state index contributed by atoms with van der Waals surface area (Å²) in [6.07, 6.45) is -8.78. The summed E-state index contributed by atoms with van der Waals surface area (Å²) in [5.74, 6) is -2.34. The fraction of sp³-hybridized carbons (Fsp3) is 0.217. The Morgan fingerprint density at radius 1 is 0.941 bits per heavy atom. The van der Waals surface area contributed by atoms with Crippen LogP contribution in [0.1, 0.15) is 50.3 Å². The smallest absolute Gasteiger partial charge is 0.416 e. The van der Waals surface area contributed by atoms with E-state index >= 15 is 0 Å². The van der Waals surface area contributed by atoms with Gasteiger partial charge < -0.3 is 15.1 Å². The van der Waals surface area contributed by atoms with Crippen LogP contribution in [-0.4, -0.2) is 11.8 Å². The lowest BCUT2D eigenvalue weighted by atomic mass is 9.80. The minimum atomic E-state index is -5.08. The molecule has 4 rings (SSSR count). The van der Waals surface area contributed by atoms with Gasteiger partial charge in [0.1, 0.15) is 5.76 Å². The molecule has 34 heavy (non-hydrogen) atoms. The minimum Gasteiger partial charge on any atom is -0.467 e. The molecule has 1 aliphatic rings. The first-order valence-corrected chi connectivity index (χ1v) is 9.94. The van der Waals surface area contributed by atoms with Crippen LogP contribution in [0.25, 0.3) is 0 Å². The van der Waals surface area contributed by atoms with Crippen molar-refractivity contribution in [2.24, 2.45) is 0 Å². The zero-order valence-electron chi connectivity index (χ0n) is 17.1. The molecule has 0 fully saturated rings. The summed E-state index contributed by atoms with van der Waals surface area (Å²) in [7, 11) is 0. The van der Waals surface area contributed by atoms with Gasteiger partial charge in [0, 0.05) is 5.56 Å². The van der Waals surface area contributed by atoms with E-state index in [-0.39, 0.29) is 23.7 Å². The van der Waals surface area contributed by atoms with E-state index in [1.807, 2.05) is 0 Å². The van der Waals surface area contributed by atoms with E-state index in [1.54, 1.807) is 12.1 Å². The predicted octanol–water partition coefficient (Wildman–Crippen LogP) is 5.20. The quantitative estimate of drug-likeness (QED) is 0.502. The van der Waals surface area contributed by atoms with Crippen molar-refractivity contribution in [2.75, 3.05) is 0 Å². The molecule has 2 amide bonds. The molecule has 0 bridgehead atoms. The van der Waals surface area contributed by atoms with Crippen molar-refractivity contribution in [3.63, 3.8) is 0 Å². The summed E-state index contributed by atoms with van der Waals surface area (Å²) >= 11 is 0. The highest BCUT2D eigenvalue weighted by Gasteiger charge is 2.42. The van der Waals surface area contributed by atoms with Gasteiger partial charge in [0.25, 0.3) is 5.91 Å². The molecule has 2 N–H and O–H groups in total. The molecular weight excluding hydrogens is 466 g/mol. The van der Waals surface area contributed by atoms with Crippen molar-refractivity contribution in [1.82, 2.24) is 10.6 Å². The van der Waals surface area contributed by atoms with Crippen molar-refractivity contribution in [3.8, 4) is 0 Å².